The lowest BCUT2D eigenvalue weighted by atomic mass is 10.3. The van der Waals surface area contributed by atoms with Gasteiger partial charge in [0.25, 0.3) is 5.89 Å². The monoisotopic (exact) mass is 467 g/mol. The summed E-state index contributed by atoms with van der Waals surface area (Å²) in [4.78, 5) is 19.8. The molecule has 2 saturated heterocycles. The van der Waals surface area contributed by atoms with E-state index in [0.717, 1.165) is 6.42 Å². The number of hydrogen-bond acceptors (Lipinski definition) is 8. The number of nitrogens with zero attached hydrogens (tertiary/aromatic N) is 5. The van der Waals surface area contributed by atoms with Crippen LogP contribution in [0.15, 0.2) is 56.4 Å². The van der Waals surface area contributed by atoms with E-state index in [2.05, 4.69) is 4.98 Å². The maximum Gasteiger partial charge on any atom is 0.266 e. The van der Waals surface area contributed by atoms with Gasteiger partial charge in [0.05, 0.1) is 11.2 Å². The van der Waals surface area contributed by atoms with Crippen LogP contribution in [-0.4, -0.2) is 56.3 Å². The van der Waals surface area contributed by atoms with E-state index in [-0.39, 0.29) is 35.5 Å². The number of piperazine rings is 1. The van der Waals surface area contributed by atoms with Crippen molar-refractivity contribution in [1.29, 1.82) is 5.26 Å². The second kappa shape index (κ2) is 8.38. The van der Waals surface area contributed by atoms with Crippen LogP contribution in [0.5, 0.6) is 0 Å². The second-order valence-corrected chi connectivity index (χ2v) is 9.73. The average molecular weight is 468 g/mol. The molecule has 4 heterocycles. The van der Waals surface area contributed by atoms with Crippen LogP contribution in [0.25, 0.3) is 11.7 Å². The molecule has 1 aromatic carbocycles. The summed E-state index contributed by atoms with van der Waals surface area (Å²) in [5.41, 5.74) is 0.840. The minimum atomic E-state index is -3.69. The smallest absolute Gasteiger partial charge is 0.266 e. The predicted octanol–water partition coefficient (Wildman–Crippen LogP) is 2.44. The van der Waals surface area contributed by atoms with Gasteiger partial charge in [-0.2, -0.15) is 14.6 Å². The van der Waals surface area contributed by atoms with Crippen molar-refractivity contribution in [2.24, 2.45) is 0 Å². The number of furan rings is 1. The maximum absolute atomic E-state index is 13.1. The zero-order valence-electron chi connectivity index (χ0n) is 17.7. The molecule has 0 spiro atoms. The van der Waals surface area contributed by atoms with Gasteiger partial charge in [0.15, 0.2) is 5.76 Å². The number of benzene rings is 1. The van der Waals surface area contributed by atoms with Crippen molar-refractivity contribution in [2.45, 2.75) is 17.7 Å². The Morgan fingerprint density at radius 3 is 2.39 bits per heavy atom. The zero-order valence-corrected chi connectivity index (χ0v) is 18.5. The first-order chi connectivity index (χ1) is 16.0. The lowest BCUT2D eigenvalue weighted by molar-refractivity contribution is -0.117. The van der Waals surface area contributed by atoms with E-state index in [0.29, 0.717) is 43.4 Å². The minimum absolute atomic E-state index is 0.0566. The summed E-state index contributed by atoms with van der Waals surface area (Å²) in [6.07, 6.45) is 2.82. The van der Waals surface area contributed by atoms with E-state index in [9.17, 15) is 18.5 Å². The summed E-state index contributed by atoms with van der Waals surface area (Å²) >= 11 is 0. The molecule has 10 nitrogen and oxygen atoms in total. The van der Waals surface area contributed by atoms with Gasteiger partial charge in [-0.3, -0.25) is 4.79 Å². The maximum atomic E-state index is 13.1. The van der Waals surface area contributed by atoms with Crippen LogP contribution in [0.1, 0.15) is 18.5 Å². The number of nitriles is 1. The number of amides is 1. The van der Waals surface area contributed by atoms with Gasteiger partial charge in [-0.05, 0) is 42.8 Å². The number of hydrogen-bond donors (Lipinski definition) is 0. The molecule has 0 radical (unpaired) electrons. The lowest BCUT2D eigenvalue weighted by Gasteiger charge is -2.33. The molecule has 170 valence electrons. The summed E-state index contributed by atoms with van der Waals surface area (Å²) in [6.45, 7) is 1.82. The van der Waals surface area contributed by atoms with Crippen molar-refractivity contribution in [3.8, 4) is 17.7 Å². The fourth-order valence-corrected chi connectivity index (χ4v) is 5.53. The molecule has 2 fully saturated rings. The molecular weight excluding hydrogens is 446 g/mol. The van der Waals surface area contributed by atoms with Crippen molar-refractivity contribution in [2.75, 3.05) is 42.5 Å². The quantitative estimate of drug-likeness (QED) is 0.560. The Kier molecular flexibility index (Phi) is 5.39. The largest absolute Gasteiger partial charge is 0.459 e. The number of carbonyl (C=O) groups excluding carboxylic acids is 1. The van der Waals surface area contributed by atoms with Crippen molar-refractivity contribution >= 4 is 27.5 Å². The van der Waals surface area contributed by atoms with Gasteiger partial charge in [0.1, 0.15) is 6.07 Å². The van der Waals surface area contributed by atoms with E-state index >= 15 is 0 Å². The van der Waals surface area contributed by atoms with Crippen LogP contribution in [0, 0.1) is 11.3 Å². The highest BCUT2D eigenvalue weighted by molar-refractivity contribution is 7.89. The van der Waals surface area contributed by atoms with Gasteiger partial charge in [-0.15, -0.1) is 0 Å². The molecule has 3 aromatic rings. The Bertz CT molecular complexity index is 1300. The summed E-state index contributed by atoms with van der Waals surface area (Å²) in [7, 11) is -3.69. The Morgan fingerprint density at radius 1 is 1.03 bits per heavy atom. The first kappa shape index (κ1) is 21.2. The van der Waals surface area contributed by atoms with Crippen LogP contribution in [0.4, 0.5) is 11.6 Å². The molecule has 2 aliphatic heterocycles. The fraction of sp³-hybridized carbons (Fsp3) is 0.318. The molecule has 5 rings (SSSR count). The zero-order chi connectivity index (χ0) is 23.0. The number of sulfonamides is 1. The molecule has 2 aromatic heterocycles. The van der Waals surface area contributed by atoms with Crippen LogP contribution in [0.2, 0.25) is 0 Å². The third kappa shape index (κ3) is 3.88. The Hall–Kier alpha value is -3.62. The van der Waals surface area contributed by atoms with Crippen molar-refractivity contribution in [1.82, 2.24) is 9.29 Å². The van der Waals surface area contributed by atoms with Crippen LogP contribution >= 0.6 is 0 Å². The fourth-order valence-electron chi connectivity index (χ4n) is 4.10. The predicted molar refractivity (Wildman–Crippen MR) is 118 cm³/mol. The third-order valence-corrected chi connectivity index (χ3v) is 7.75. The number of rotatable bonds is 5. The van der Waals surface area contributed by atoms with E-state index in [4.69, 9.17) is 8.83 Å². The first-order valence-electron chi connectivity index (χ1n) is 10.6. The van der Waals surface area contributed by atoms with Crippen LogP contribution in [-0.2, 0) is 14.8 Å². The molecule has 0 saturated carbocycles. The third-order valence-electron chi connectivity index (χ3n) is 5.83. The van der Waals surface area contributed by atoms with Gasteiger partial charge in [0, 0.05) is 44.8 Å². The molecule has 0 atom stereocenters. The highest BCUT2D eigenvalue weighted by atomic mass is 32.2. The van der Waals surface area contributed by atoms with Gasteiger partial charge in [-0.1, -0.05) is 0 Å². The number of aromatic nitrogens is 1. The highest BCUT2D eigenvalue weighted by Gasteiger charge is 2.32. The number of anilines is 2. The Balaban J connectivity index is 1.29. The standard InChI is InChI=1S/C22H21N5O5S/c23-15-18-22(32-21(24-18)19-3-2-14-31-19)25-10-12-26(13-11-25)33(29,30)17-7-5-16(6-8-17)27-9-1-4-20(27)28/h2-3,5-8,14H,1,4,9-13H2. The summed E-state index contributed by atoms with van der Waals surface area (Å²) < 4.78 is 38.7. The van der Waals surface area contributed by atoms with Gasteiger partial charge in [0.2, 0.25) is 27.5 Å². The molecular formula is C22H21N5O5S. The lowest BCUT2D eigenvalue weighted by Crippen LogP contribution is -2.48. The molecule has 0 aliphatic carbocycles. The highest BCUT2D eigenvalue weighted by Crippen LogP contribution is 2.30. The molecule has 11 heteroatoms. The second-order valence-electron chi connectivity index (χ2n) is 7.80. The van der Waals surface area contributed by atoms with E-state index in [1.165, 1.54) is 10.6 Å². The van der Waals surface area contributed by atoms with Gasteiger partial charge in [-0.25, -0.2) is 8.42 Å². The van der Waals surface area contributed by atoms with Crippen molar-refractivity contribution in [3.63, 3.8) is 0 Å². The molecule has 1 amide bonds. The summed E-state index contributed by atoms with van der Waals surface area (Å²) in [5, 5.41) is 9.45. The molecule has 0 N–H and O–H groups in total. The summed E-state index contributed by atoms with van der Waals surface area (Å²) in [6, 6.07) is 11.9. The van der Waals surface area contributed by atoms with Crippen molar-refractivity contribution < 1.29 is 22.0 Å². The van der Waals surface area contributed by atoms with E-state index in [1.807, 2.05) is 11.0 Å². The van der Waals surface area contributed by atoms with E-state index < -0.39 is 10.0 Å². The van der Waals surface area contributed by atoms with Gasteiger partial charge >= 0.3 is 0 Å². The molecule has 0 bridgehead atoms. The normalized spacial score (nSPS) is 17.5. The number of carbonyl (C=O) groups is 1. The van der Waals surface area contributed by atoms with Gasteiger partial charge < -0.3 is 18.6 Å². The number of oxazole rings is 1. The topological polar surface area (TPSA) is 124 Å². The molecule has 33 heavy (non-hydrogen) atoms. The van der Waals surface area contributed by atoms with Crippen molar-refractivity contribution in [3.05, 3.63) is 48.4 Å². The van der Waals surface area contributed by atoms with Crippen LogP contribution in [0.3, 0.4) is 0 Å². The Morgan fingerprint density at radius 2 is 1.79 bits per heavy atom. The molecule has 0 unspecified atom stereocenters. The summed E-state index contributed by atoms with van der Waals surface area (Å²) in [5.74, 6) is 0.984. The average Bonchev–Trinajstić information content (AvgIpc) is 3.59. The first-order valence-corrected chi connectivity index (χ1v) is 12.0. The molecule has 2 aliphatic rings. The Labute approximate surface area is 190 Å². The minimum Gasteiger partial charge on any atom is -0.459 e. The van der Waals surface area contributed by atoms with Crippen LogP contribution < -0.4 is 9.80 Å². The SMILES string of the molecule is N#Cc1nc(-c2ccco2)oc1N1CCN(S(=O)(=O)c2ccc(N3CCCC3=O)cc2)CC1. The van der Waals surface area contributed by atoms with E-state index in [1.54, 1.807) is 41.3 Å².